The lowest BCUT2D eigenvalue weighted by atomic mass is 10.1. The molecule has 0 unspecified atom stereocenters. The fourth-order valence-electron chi connectivity index (χ4n) is 1.59. The van der Waals surface area contributed by atoms with Crippen LogP contribution in [-0.2, 0) is 0 Å². The molecule has 0 spiro atoms. The van der Waals surface area contributed by atoms with Gasteiger partial charge in [0.1, 0.15) is 16.6 Å². The average molecular weight is 278 g/mol. The maximum absolute atomic E-state index is 11.9. The van der Waals surface area contributed by atoms with Crippen molar-refractivity contribution in [1.29, 1.82) is 0 Å². The molecular weight excluding hydrogens is 266 g/mol. The molecule has 0 fully saturated rings. The minimum Gasteiger partial charge on any atom is -0.507 e. The summed E-state index contributed by atoms with van der Waals surface area (Å²) in [4.78, 5) is 19.6. The van der Waals surface area contributed by atoms with E-state index in [9.17, 15) is 9.90 Å². The van der Waals surface area contributed by atoms with Crippen molar-refractivity contribution in [2.75, 3.05) is 5.32 Å². The third-order valence-electron chi connectivity index (χ3n) is 2.73. The van der Waals surface area contributed by atoms with Crippen molar-refractivity contribution in [3.63, 3.8) is 0 Å². The molecule has 0 aliphatic heterocycles. The normalized spacial score (nSPS) is 10.3. The number of nitrogens with zero attached hydrogens (tertiary/aromatic N) is 2. The second kappa shape index (κ2) is 5.24. The van der Waals surface area contributed by atoms with Crippen LogP contribution in [-0.4, -0.2) is 21.0 Å². The molecule has 0 aliphatic rings. The van der Waals surface area contributed by atoms with Crippen LogP contribution in [0.1, 0.15) is 21.6 Å². The minimum absolute atomic E-state index is 0.156. The average Bonchev–Trinajstić information content (AvgIpc) is 2.40. The standard InChI is InChI=1S/C13H12ClN3O2/c1-7-3-4-9(8(2)12(7)18)17-13(19)10-5-16-11(14)6-15-10/h3-6,18H,1-2H3,(H,17,19). The molecule has 0 aliphatic carbocycles. The molecule has 5 nitrogen and oxygen atoms in total. The number of aryl methyl sites for hydroxylation is 1. The number of rotatable bonds is 2. The van der Waals surface area contributed by atoms with Crippen LogP contribution in [0.15, 0.2) is 24.5 Å². The minimum atomic E-state index is -0.407. The van der Waals surface area contributed by atoms with Gasteiger partial charge in [-0.2, -0.15) is 0 Å². The Morgan fingerprint density at radius 1 is 1.26 bits per heavy atom. The third-order valence-corrected chi connectivity index (χ3v) is 2.93. The SMILES string of the molecule is Cc1ccc(NC(=O)c2cnc(Cl)cn2)c(C)c1O. The molecular formula is C13H12ClN3O2. The lowest BCUT2D eigenvalue weighted by Gasteiger charge is -2.10. The van der Waals surface area contributed by atoms with Crippen LogP contribution in [0.3, 0.4) is 0 Å². The molecule has 1 amide bonds. The van der Waals surface area contributed by atoms with Gasteiger partial charge in [0.15, 0.2) is 0 Å². The number of aromatic nitrogens is 2. The van der Waals surface area contributed by atoms with E-state index in [1.54, 1.807) is 26.0 Å². The molecule has 19 heavy (non-hydrogen) atoms. The van der Waals surface area contributed by atoms with Crippen LogP contribution in [0.5, 0.6) is 5.75 Å². The number of aromatic hydroxyl groups is 1. The van der Waals surface area contributed by atoms with E-state index in [4.69, 9.17) is 11.6 Å². The van der Waals surface area contributed by atoms with Gasteiger partial charge in [0.2, 0.25) is 0 Å². The maximum atomic E-state index is 11.9. The van der Waals surface area contributed by atoms with Crippen LogP contribution in [0.4, 0.5) is 5.69 Å². The molecule has 2 N–H and O–H groups in total. The van der Waals surface area contributed by atoms with E-state index in [0.29, 0.717) is 11.3 Å². The number of carbonyl (C=O) groups is 1. The molecule has 1 heterocycles. The van der Waals surface area contributed by atoms with Crippen LogP contribution >= 0.6 is 11.6 Å². The zero-order valence-electron chi connectivity index (χ0n) is 10.4. The largest absolute Gasteiger partial charge is 0.507 e. The number of carbonyl (C=O) groups excluding carboxylic acids is 1. The van der Waals surface area contributed by atoms with Crippen LogP contribution < -0.4 is 5.32 Å². The maximum Gasteiger partial charge on any atom is 0.275 e. The zero-order chi connectivity index (χ0) is 14.0. The van der Waals surface area contributed by atoms with E-state index in [-0.39, 0.29) is 16.6 Å². The van der Waals surface area contributed by atoms with Crippen molar-refractivity contribution in [3.8, 4) is 5.75 Å². The Bertz CT molecular complexity index is 627. The molecule has 0 saturated heterocycles. The first-order chi connectivity index (χ1) is 8.99. The van der Waals surface area contributed by atoms with Crippen LogP contribution in [0.25, 0.3) is 0 Å². The van der Waals surface area contributed by atoms with Gasteiger partial charge in [0.25, 0.3) is 5.91 Å². The Kier molecular flexibility index (Phi) is 3.66. The monoisotopic (exact) mass is 277 g/mol. The number of amides is 1. The predicted octanol–water partition coefficient (Wildman–Crippen LogP) is 2.70. The van der Waals surface area contributed by atoms with Crippen molar-refractivity contribution in [2.24, 2.45) is 0 Å². The Labute approximate surface area is 115 Å². The molecule has 1 aromatic carbocycles. The van der Waals surface area contributed by atoms with Gasteiger partial charge in [-0.3, -0.25) is 4.79 Å². The highest BCUT2D eigenvalue weighted by molar-refractivity contribution is 6.29. The number of phenolic OH excluding ortho intramolecular Hbond substituents is 1. The number of nitrogens with one attached hydrogen (secondary N) is 1. The van der Waals surface area contributed by atoms with Crippen LogP contribution in [0, 0.1) is 13.8 Å². The van der Waals surface area contributed by atoms with Gasteiger partial charge in [0.05, 0.1) is 12.4 Å². The van der Waals surface area contributed by atoms with E-state index < -0.39 is 5.91 Å². The molecule has 0 saturated carbocycles. The highest BCUT2D eigenvalue weighted by Gasteiger charge is 2.12. The molecule has 0 bridgehead atoms. The molecule has 0 atom stereocenters. The Morgan fingerprint density at radius 2 is 2.00 bits per heavy atom. The van der Waals surface area contributed by atoms with Gasteiger partial charge in [0, 0.05) is 11.3 Å². The van der Waals surface area contributed by atoms with Gasteiger partial charge < -0.3 is 10.4 Å². The quantitative estimate of drug-likeness (QED) is 0.885. The number of phenols is 1. The van der Waals surface area contributed by atoms with Crippen molar-refractivity contribution in [3.05, 3.63) is 46.5 Å². The molecule has 2 aromatic rings. The second-order valence-electron chi connectivity index (χ2n) is 4.08. The fourth-order valence-corrected chi connectivity index (χ4v) is 1.68. The van der Waals surface area contributed by atoms with Gasteiger partial charge in [-0.05, 0) is 25.5 Å². The highest BCUT2D eigenvalue weighted by Crippen LogP contribution is 2.28. The summed E-state index contributed by atoms with van der Waals surface area (Å²) in [6.07, 6.45) is 2.59. The Balaban J connectivity index is 2.24. The topological polar surface area (TPSA) is 75.1 Å². The molecule has 2 rings (SSSR count). The lowest BCUT2D eigenvalue weighted by molar-refractivity contribution is 0.102. The first-order valence-corrected chi connectivity index (χ1v) is 5.95. The number of halogens is 1. The number of hydrogen-bond donors (Lipinski definition) is 2. The summed E-state index contributed by atoms with van der Waals surface area (Å²) in [5, 5.41) is 12.7. The number of anilines is 1. The van der Waals surface area contributed by atoms with Crippen LogP contribution in [0.2, 0.25) is 5.15 Å². The molecule has 1 aromatic heterocycles. The van der Waals surface area contributed by atoms with Gasteiger partial charge >= 0.3 is 0 Å². The predicted molar refractivity (Wildman–Crippen MR) is 72.6 cm³/mol. The Morgan fingerprint density at radius 3 is 2.63 bits per heavy atom. The summed E-state index contributed by atoms with van der Waals surface area (Å²) >= 11 is 5.60. The fraction of sp³-hybridized carbons (Fsp3) is 0.154. The first-order valence-electron chi connectivity index (χ1n) is 5.57. The van der Waals surface area contributed by atoms with Gasteiger partial charge in [-0.1, -0.05) is 17.7 Å². The van der Waals surface area contributed by atoms with Gasteiger partial charge in [-0.15, -0.1) is 0 Å². The second-order valence-corrected chi connectivity index (χ2v) is 4.47. The smallest absolute Gasteiger partial charge is 0.275 e. The van der Waals surface area contributed by atoms with E-state index in [1.807, 2.05) is 0 Å². The zero-order valence-corrected chi connectivity index (χ0v) is 11.2. The van der Waals surface area contributed by atoms with E-state index >= 15 is 0 Å². The number of hydrogen-bond acceptors (Lipinski definition) is 4. The summed E-state index contributed by atoms with van der Waals surface area (Å²) in [6, 6.07) is 3.46. The first kappa shape index (κ1) is 13.3. The number of benzene rings is 1. The lowest BCUT2D eigenvalue weighted by Crippen LogP contribution is -2.14. The summed E-state index contributed by atoms with van der Waals surface area (Å²) in [6.45, 7) is 3.52. The van der Waals surface area contributed by atoms with Crippen molar-refractivity contribution in [1.82, 2.24) is 9.97 Å². The van der Waals surface area contributed by atoms with E-state index in [1.165, 1.54) is 12.4 Å². The van der Waals surface area contributed by atoms with Crippen molar-refractivity contribution >= 4 is 23.2 Å². The van der Waals surface area contributed by atoms with E-state index in [2.05, 4.69) is 15.3 Å². The van der Waals surface area contributed by atoms with Crippen molar-refractivity contribution < 1.29 is 9.90 Å². The summed E-state index contributed by atoms with van der Waals surface area (Å²) < 4.78 is 0. The summed E-state index contributed by atoms with van der Waals surface area (Å²) in [7, 11) is 0. The Hall–Kier alpha value is -2.14. The third kappa shape index (κ3) is 2.82. The van der Waals surface area contributed by atoms with Gasteiger partial charge in [-0.25, -0.2) is 9.97 Å². The summed E-state index contributed by atoms with van der Waals surface area (Å²) in [5.41, 5.74) is 2.05. The molecule has 6 heteroatoms. The van der Waals surface area contributed by atoms with Crippen molar-refractivity contribution in [2.45, 2.75) is 13.8 Å². The molecule has 0 radical (unpaired) electrons. The highest BCUT2D eigenvalue weighted by atomic mass is 35.5. The summed E-state index contributed by atoms with van der Waals surface area (Å²) in [5.74, 6) is -0.240. The van der Waals surface area contributed by atoms with E-state index in [0.717, 1.165) is 5.56 Å². The molecule has 98 valence electrons.